The normalized spacial score (nSPS) is 14.8. The topological polar surface area (TPSA) is 106 Å². The first-order valence-electron chi connectivity index (χ1n) is 13.1. The van der Waals surface area contributed by atoms with Gasteiger partial charge in [0.15, 0.2) is 11.2 Å². The van der Waals surface area contributed by atoms with E-state index in [-0.39, 0.29) is 23.1 Å². The summed E-state index contributed by atoms with van der Waals surface area (Å²) in [6, 6.07) is 11.1. The molecule has 1 aliphatic rings. The van der Waals surface area contributed by atoms with E-state index in [2.05, 4.69) is 30.0 Å². The summed E-state index contributed by atoms with van der Waals surface area (Å²) in [4.78, 5) is 21.7. The highest BCUT2D eigenvalue weighted by atomic mass is 32.3. The molecule has 0 radical (unpaired) electrons. The molecule has 0 spiro atoms. The van der Waals surface area contributed by atoms with Crippen molar-refractivity contribution in [2.75, 3.05) is 13.1 Å². The van der Waals surface area contributed by atoms with E-state index in [0.717, 1.165) is 70.9 Å². The number of halogens is 1. The van der Waals surface area contributed by atoms with E-state index in [1.165, 1.54) is 6.07 Å². The molecule has 4 heterocycles. The van der Waals surface area contributed by atoms with E-state index in [9.17, 15) is 17.1 Å². The lowest BCUT2D eigenvalue weighted by Crippen LogP contribution is -2.30. The Morgan fingerprint density at radius 2 is 1.90 bits per heavy atom. The number of pyridine rings is 2. The zero-order valence-corrected chi connectivity index (χ0v) is 22.8. The van der Waals surface area contributed by atoms with Gasteiger partial charge in [0.1, 0.15) is 5.65 Å². The van der Waals surface area contributed by atoms with Gasteiger partial charge in [0.25, 0.3) is 0 Å². The van der Waals surface area contributed by atoms with E-state index >= 15 is 0 Å². The van der Waals surface area contributed by atoms with Crippen molar-refractivity contribution in [3.63, 3.8) is 0 Å². The first kappa shape index (κ1) is 26.0. The van der Waals surface area contributed by atoms with Crippen LogP contribution in [-0.2, 0) is 10.5 Å². The third kappa shape index (κ3) is 4.51. The van der Waals surface area contributed by atoms with Gasteiger partial charge in [0, 0.05) is 39.7 Å². The molecule has 0 unspecified atom stereocenters. The van der Waals surface area contributed by atoms with E-state index < -0.39 is 10.5 Å². The zero-order chi connectivity index (χ0) is 28.2. The van der Waals surface area contributed by atoms with Crippen molar-refractivity contribution in [1.29, 1.82) is 0 Å². The third-order valence-corrected chi connectivity index (χ3v) is 7.99. The van der Waals surface area contributed by atoms with E-state index in [1.807, 2.05) is 44.2 Å². The van der Waals surface area contributed by atoms with Crippen LogP contribution >= 0.6 is 0 Å². The molecule has 0 bridgehead atoms. The Labute approximate surface area is 230 Å². The number of fused-ring (bicyclic) bond motifs is 4. The molecular weight excluding hydrogens is 531 g/mol. The zero-order valence-electron chi connectivity index (χ0n) is 22.0. The van der Waals surface area contributed by atoms with Crippen LogP contribution < -0.4 is 14.9 Å². The van der Waals surface area contributed by atoms with Gasteiger partial charge in [-0.2, -0.15) is 8.42 Å². The van der Waals surface area contributed by atoms with Gasteiger partial charge in [0.2, 0.25) is 0 Å². The summed E-state index contributed by atoms with van der Waals surface area (Å²) in [6.45, 7) is 5.72. The van der Waals surface area contributed by atoms with Crippen LogP contribution in [-0.4, -0.2) is 36.0 Å². The second-order valence-corrected chi connectivity index (χ2v) is 11.4. The molecule has 10 heteroatoms. The molecule has 1 fully saturated rings. The highest BCUT2D eigenvalue weighted by Crippen LogP contribution is 2.38. The van der Waals surface area contributed by atoms with Gasteiger partial charge in [-0.15, -0.1) is 6.42 Å². The predicted molar refractivity (Wildman–Crippen MR) is 155 cm³/mol. The van der Waals surface area contributed by atoms with Crippen LogP contribution in [0, 0.1) is 12.3 Å². The predicted octanol–water partition coefficient (Wildman–Crippen LogP) is 5.32. The molecule has 6 rings (SSSR count). The summed E-state index contributed by atoms with van der Waals surface area (Å²) in [5, 5.41) is 5.44. The van der Waals surface area contributed by atoms with Gasteiger partial charge in [-0.1, -0.05) is 29.7 Å². The number of H-pyrrole nitrogens is 1. The number of nitrogens with zero attached hydrogens (tertiary/aromatic N) is 2. The maximum atomic E-state index is 14.2. The number of aromatic amines is 1. The van der Waals surface area contributed by atoms with Gasteiger partial charge >= 0.3 is 10.5 Å². The Hall–Kier alpha value is -4.20. The summed E-state index contributed by atoms with van der Waals surface area (Å²) in [6.07, 6.45) is 10.1. The Morgan fingerprint density at radius 1 is 1.12 bits per heavy atom. The minimum absolute atomic E-state index is 0.0115. The summed E-state index contributed by atoms with van der Waals surface area (Å²) >= 11 is 0. The molecule has 204 valence electrons. The Balaban J connectivity index is 1.71. The summed E-state index contributed by atoms with van der Waals surface area (Å²) in [5.41, 5.74) is 5.09. The lowest BCUT2D eigenvalue weighted by atomic mass is 9.90. The van der Waals surface area contributed by atoms with Gasteiger partial charge < -0.3 is 19.1 Å². The number of benzene rings is 2. The Bertz CT molecular complexity index is 2020. The molecule has 5 aromatic rings. The molecule has 0 saturated carbocycles. The smallest absolute Gasteiger partial charge is 0.357 e. The molecular formula is C30H27FN4O4S. The highest BCUT2D eigenvalue weighted by Gasteiger charge is 2.25. The maximum absolute atomic E-state index is 14.2. The molecule has 1 saturated heterocycles. The van der Waals surface area contributed by atoms with Crippen molar-refractivity contribution < 1.29 is 16.5 Å². The molecule has 0 atom stereocenters. The average molecular weight is 559 g/mol. The number of terminal acetylenes is 1. The van der Waals surface area contributed by atoms with Crippen molar-refractivity contribution in [3.05, 3.63) is 70.1 Å². The Morgan fingerprint density at radius 3 is 2.60 bits per heavy atom. The van der Waals surface area contributed by atoms with Crippen molar-refractivity contribution in [3.8, 4) is 29.2 Å². The van der Waals surface area contributed by atoms with Crippen LogP contribution in [0.5, 0.6) is 5.75 Å². The van der Waals surface area contributed by atoms with Gasteiger partial charge in [0.05, 0.1) is 17.1 Å². The fourth-order valence-corrected chi connectivity index (χ4v) is 6.14. The van der Waals surface area contributed by atoms with E-state index in [4.69, 9.17) is 6.42 Å². The van der Waals surface area contributed by atoms with Gasteiger partial charge in [-0.05, 0) is 73.3 Å². The lowest BCUT2D eigenvalue weighted by molar-refractivity contribution is 0.381. The van der Waals surface area contributed by atoms with Crippen LogP contribution in [0.15, 0.2) is 53.6 Å². The largest absolute Gasteiger partial charge is 0.488 e. The monoisotopic (exact) mass is 558 g/mol. The van der Waals surface area contributed by atoms with Crippen molar-refractivity contribution in [1.82, 2.24) is 19.9 Å². The fraction of sp³-hybridized carbons (Fsp3) is 0.267. The molecule has 2 N–H and O–H groups in total. The van der Waals surface area contributed by atoms with Gasteiger partial charge in [-0.25, -0.2) is 0 Å². The second-order valence-electron chi connectivity index (χ2n) is 10.4. The van der Waals surface area contributed by atoms with Crippen molar-refractivity contribution in [2.24, 2.45) is 0 Å². The minimum Gasteiger partial charge on any atom is -0.357 e. The van der Waals surface area contributed by atoms with Gasteiger partial charge in [-0.3, -0.25) is 9.78 Å². The van der Waals surface area contributed by atoms with Crippen LogP contribution in [0.25, 0.3) is 44.0 Å². The van der Waals surface area contributed by atoms with Crippen LogP contribution in [0.1, 0.15) is 49.8 Å². The molecule has 2 aromatic carbocycles. The number of piperidine rings is 1. The molecule has 8 nitrogen and oxygen atoms in total. The van der Waals surface area contributed by atoms with Crippen LogP contribution in [0.2, 0.25) is 0 Å². The number of hydrogen-bond acceptors (Lipinski definition) is 6. The van der Waals surface area contributed by atoms with Crippen LogP contribution in [0.4, 0.5) is 3.89 Å². The second kappa shape index (κ2) is 9.77. The maximum Gasteiger partial charge on any atom is 0.488 e. The van der Waals surface area contributed by atoms with Crippen molar-refractivity contribution in [2.45, 2.75) is 38.6 Å². The summed E-state index contributed by atoms with van der Waals surface area (Å²) in [7, 11) is -5.21. The SMILES string of the molecule is C#Cc1ccc2c(c1)[nH]c1c2c(=O)c2cc(C(C)C)c(-c3cncc(OS(=O)(=O)F)c3)cc2n1C1CCNCC1. The summed E-state index contributed by atoms with van der Waals surface area (Å²) < 4.78 is 42.2. The fourth-order valence-electron chi connectivity index (χ4n) is 5.82. The highest BCUT2D eigenvalue weighted by molar-refractivity contribution is 7.81. The van der Waals surface area contributed by atoms with Crippen LogP contribution in [0.3, 0.4) is 0 Å². The molecule has 1 aliphatic heterocycles. The standard InChI is InChI=1S/C30H27FN4O4S/c1-4-18-5-6-22-26(11-18)34-30-28(22)29(36)25-13-23(17(2)3)24(14-27(25)35(30)20-7-9-32-10-8-20)19-12-21(16-33-15-19)39-40(31,37)38/h1,5-6,11-17,20,32,34H,7-10H2,2-3H3. The first-order chi connectivity index (χ1) is 19.1. The molecule has 40 heavy (non-hydrogen) atoms. The first-order valence-corrected chi connectivity index (χ1v) is 14.4. The quantitative estimate of drug-likeness (QED) is 0.223. The number of aromatic nitrogens is 3. The molecule has 3 aromatic heterocycles. The average Bonchev–Trinajstić information content (AvgIpc) is 3.31. The number of rotatable bonds is 5. The minimum atomic E-state index is -5.21. The summed E-state index contributed by atoms with van der Waals surface area (Å²) in [5.74, 6) is 2.44. The number of hydrogen-bond donors (Lipinski definition) is 2. The van der Waals surface area contributed by atoms with E-state index in [0.29, 0.717) is 16.3 Å². The number of nitrogens with one attached hydrogen (secondary N) is 2. The molecule has 0 amide bonds. The Kier molecular flexibility index (Phi) is 6.36. The third-order valence-electron chi connectivity index (χ3n) is 7.60. The molecule has 0 aliphatic carbocycles. The lowest BCUT2D eigenvalue weighted by Gasteiger charge is -2.28. The van der Waals surface area contributed by atoms with E-state index in [1.54, 1.807) is 6.20 Å². The van der Waals surface area contributed by atoms with Crippen molar-refractivity contribution >= 4 is 43.3 Å².